The number of benzene rings is 1. The predicted octanol–water partition coefficient (Wildman–Crippen LogP) is 2.64. The molecule has 0 saturated carbocycles. The van der Waals surface area contributed by atoms with E-state index >= 15 is 0 Å². The summed E-state index contributed by atoms with van der Waals surface area (Å²) in [6.07, 6.45) is 7.06. The van der Waals surface area contributed by atoms with Gasteiger partial charge in [0, 0.05) is 51.0 Å². The smallest absolute Gasteiger partial charge is 0.0852 e. The Morgan fingerprint density at radius 2 is 1.78 bits per heavy atom. The minimum absolute atomic E-state index is 0.367. The van der Waals surface area contributed by atoms with Crippen LogP contribution in [0.5, 0.6) is 0 Å². The molecule has 0 radical (unpaired) electrons. The summed E-state index contributed by atoms with van der Waals surface area (Å²) < 4.78 is 2.00. The van der Waals surface area contributed by atoms with Crippen LogP contribution in [0.15, 0.2) is 30.5 Å². The Kier molecular flexibility index (Phi) is 5.74. The molecule has 6 heteroatoms. The molecule has 0 aliphatic carbocycles. The molecule has 1 aromatic heterocycles. The summed E-state index contributed by atoms with van der Waals surface area (Å²) in [5, 5.41) is 18.0. The molecule has 0 unspecified atom stereocenters. The number of aromatic nitrogens is 3. The van der Waals surface area contributed by atoms with E-state index in [9.17, 15) is 5.11 Å². The Morgan fingerprint density at radius 1 is 1.07 bits per heavy atom. The van der Waals surface area contributed by atoms with Crippen LogP contribution >= 0.6 is 0 Å². The predicted molar refractivity (Wildman–Crippen MR) is 107 cm³/mol. The zero-order chi connectivity index (χ0) is 18.6. The maximum Gasteiger partial charge on any atom is 0.0852 e. The van der Waals surface area contributed by atoms with E-state index in [1.165, 1.54) is 37.2 Å². The first-order chi connectivity index (χ1) is 13.2. The lowest BCUT2D eigenvalue weighted by molar-refractivity contribution is 0.172. The van der Waals surface area contributed by atoms with Crippen LogP contribution in [0.3, 0.4) is 0 Å². The van der Waals surface area contributed by atoms with Gasteiger partial charge in [0.05, 0.1) is 17.8 Å². The summed E-state index contributed by atoms with van der Waals surface area (Å²) in [4.78, 5) is 5.02. The van der Waals surface area contributed by atoms with Crippen LogP contribution in [-0.4, -0.2) is 57.3 Å². The van der Waals surface area contributed by atoms with Crippen molar-refractivity contribution in [3.8, 4) is 0 Å². The molecule has 0 amide bonds. The van der Waals surface area contributed by atoms with E-state index in [0.717, 1.165) is 38.2 Å². The quantitative estimate of drug-likeness (QED) is 0.848. The third-order valence-electron chi connectivity index (χ3n) is 5.81. The van der Waals surface area contributed by atoms with Crippen molar-refractivity contribution in [1.82, 2.24) is 19.9 Å². The van der Waals surface area contributed by atoms with Gasteiger partial charge in [-0.3, -0.25) is 4.90 Å². The van der Waals surface area contributed by atoms with Crippen molar-refractivity contribution in [3.63, 3.8) is 0 Å². The van der Waals surface area contributed by atoms with Gasteiger partial charge < -0.3 is 10.0 Å². The average molecular weight is 370 g/mol. The van der Waals surface area contributed by atoms with Crippen molar-refractivity contribution in [1.29, 1.82) is 0 Å². The second-order valence-corrected chi connectivity index (χ2v) is 8.11. The minimum Gasteiger partial charge on any atom is -0.393 e. The molecule has 2 aliphatic rings. The van der Waals surface area contributed by atoms with Crippen LogP contribution in [0.2, 0.25) is 0 Å². The van der Waals surface area contributed by atoms with E-state index < -0.39 is 0 Å². The summed E-state index contributed by atoms with van der Waals surface area (Å²) in [7, 11) is 0. The van der Waals surface area contributed by atoms with Crippen molar-refractivity contribution >= 4 is 5.69 Å². The second-order valence-electron chi connectivity index (χ2n) is 8.11. The van der Waals surface area contributed by atoms with Crippen LogP contribution in [-0.2, 0) is 13.0 Å². The van der Waals surface area contributed by atoms with E-state index in [0.29, 0.717) is 12.5 Å². The highest BCUT2D eigenvalue weighted by Gasteiger charge is 2.22. The van der Waals surface area contributed by atoms with Crippen LogP contribution in [0, 0.1) is 0 Å². The summed E-state index contributed by atoms with van der Waals surface area (Å²) in [6, 6.07) is 9.58. The molecule has 6 nitrogen and oxygen atoms in total. The molecule has 3 heterocycles. The lowest BCUT2D eigenvalue weighted by Crippen LogP contribution is -2.34. The highest BCUT2D eigenvalue weighted by Crippen LogP contribution is 2.24. The summed E-state index contributed by atoms with van der Waals surface area (Å²) in [6.45, 7) is 7.39. The van der Waals surface area contributed by atoms with Gasteiger partial charge in [-0.25, -0.2) is 4.68 Å². The number of hydrogen-bond donors (Lipinski definition) is 1. The molecule has 1 atom stereocenters. The molecule has 146 valence electrons. The summed E-state index contributed by atoms with van der Waals surface area (Å²) >= 11 is 0. The van der Waals surface area contributed by atoms with Gasteiger partial charge in [0.1, 0.15) is 0 Å². The number of aliphatic hydroxyl groups is 1. The van der Waals surface area contributed by atoms with Gasteiger partial charge >= 0.3 is 0 Å². The number of anilines is 1. The largest absolute Gasteiger partial charge is 0.393 e. The lowest BCUT2D eigenvalue weighted by Gasteiger charge is -2.31. The fourth-order valence-electron chi connectivity index (χ4n) is 4.28. The molecular formula is C21H31N5O. The van der Waals surface area contributed by atoms with Gasteiger partial charge in [-0.15, -0.1) is 5.10 Å². The molecule has 2 saturated heterocycles. The van der Waals surface area contributed by atoms with Crippen molar-refractivity contribution < 1.29 is 5.11 Å². The van der Waals surface area contributed by atoms with E-state index in [4.69, 9.17) is 0 Å². The summed E-state index contributed by atoms with van der Waals surface area (Å²) in [5.41, 5.74) is 3.65. The average Bonchev–Trinajstić information content (AvgIpc) is 3.35. The first kappa shape index (κ1) is 18.4. The highest BCUT2D eigenvalue weighted by atomic mass is 16.3. The first-order valence-electron chi connectivity index (χ1n) is 10.3. The Balaban J connectivity index is 1.27. The lowest BCUT2D eigenvalue weighted by atomic mass is 10.0. The molecule has 2 aromatic rings. The van der Waals surface area contributed by atoms with Gasteiger partial charge in [0.15, 0.2) is 0 Å². The zero-order valence-electron chi connectivity index (χ0n) is 16.3. The monoisotopic (exact) mass is 369 g/mol. The fraction of sp³-hybridized carbons (Fsp3) is 0.619. The van der Waals surface area contributed by atoms with Crippen LogP contribution in [0.1, 0.15) is 49.9 Å². The molecular weight excluding hydrogens is 338 g/mol. The molecule has 0 spiro atoms. The number of aliphatic hydroxyl groups excluding tert-OH is 1. The Bertz CT molecular complexity index is 712. The third kappa shape index (κ3) is 4.68. The van der Waals surface area contributed by atoms with Crippen molar-refractivity contribution in [2.24, 2.45) is 0 Å². The first-order valence-corrected chi connectivity index (χ1v) is 10.3. The van der Waals surface area contributed by atoms with Gasteiger partial charge in [-0.05, 0) is 50.3 Å². The van der Waals surface area contributed by atoms with E-state index in [-0.39, 0.29) is 6.10 Å². The van der Waals surface area contributed by atoms with Gasteiger partial charge in [-0.1, -0.05) is 17.3 Å². The number of likely N-dealkylation sites (tertiary alicyclic amines) is 1. The zero-order valence-corrected chi connectivity index (χ0v) is 16.3. The van der Waals surface area contributed by atoms with Crippen molar-refractivity contribution in [3.05, 3.63) is 41.7 Å². The summed E-state index contributed by atoms with van der Waals surface area (Å²) in [5.74, 6) is 0. The maximum absolute atomic E-state index is 9.49. The topological polar surface area (TPSA) is 57.4 Å². The number of nitrogens with zero attached hydrogens (tertiary/aromatic N) is 5. The SMILES string of the molecule is C[C@H](O)Cc1cn(C2CCN(Cc3ccc(N4CCCC4)cc3)CC2)nn1. The Labute approximate surface area is 161 Å². The van der Waals surface area contributed by atoms with Crippen molar-refractivity contribution in [2.45, 2.75) is 57.7 Å². The van der Waals surface area contributed by atoms with Crippen LogP contribution in [0.25, 0.3) is 0 Å². The Hall–Kier alpha value is -1.92. The third-order valence-corrected chi connectivity index (χ3v) is 5.81. The van der Waals surface area contributed by atoms with Crippen LogP contribution < -0.4 is 4.90 Å². The number of piperidine rings is 1. The van der Waals surface area contributed by atoms with Gasteiger partial charge in [0.2, 0.25) is 0 Å². The molecule has 1 aromatic carbocycles. The molecule has 27 heavy (non-hydrogen) atoms. The minimum atomic E-state index is -0.367. The van der Waals surface area contributed by atoms with E-state index in [2.05, 4.69) is 44.4 Å². The maximum atomic E-state index is 9.49. The molecule has 4 rings (SSSR count). The molecule has 2 aliphatic heterocycles. The van der Waals surface area contributed by atoms with Crippen LogP contribution in [0.4, 0.5) is 5.69 Å². The molecule has 2 fully saturated rings. The number of hydrogen-bond acceptors (Lipinski definition) is 5. The standard InChI is InChI=1S/C21H31N5O/c1-17(27)14-19-16-26(23-22-19)21-8-12-24(13-9-21)15-18-4-6-20(7-5-18)25-10-2-3-11-25/h4-7,16-17,21,27H,2-3,8-15H2,1H3/t17-/m0/s1. The fourth-order valence-corrected chi connectivity index (χ4v) is 4.28. The second kappa shape index (κ2) is 8.40. The van der Waals surface area contributed by atoms with E-state index in [1.807, 2.05) is 10.9 Å². The van der Waals surface area contributed by atoms with E-state index in [1.54, 1.807) is 6.92 Å². The highest BCUT2D eigenvalue weighted by molar-refractivity contribution is 5.48. The normalized spacial score (nSPS) is 20.3. The number of rotatable bonds is 6. The van der Waals surface area contributed by atoms with Gasteiger partial charge in [0.25, 0.3) is 0 Å². The Morgan fingerprint density at radius 3 is 2.44 bits per heavy atom. The molecule has 0 bridgehead atoms. The molecule has 1 N–H and O–H groups in total. The van der Waals surface area contributed by atoms with Gasteiger partial charge in [-0.2, -0.15) is 0 Å². The van der Waals surface area contributed by atoms with Crippen molar-refractivity contribution in [2.75, 3.05) is 31.1 Å².